The first-order valence-electron chi connectivity index (χ1n) is 7.28. The van der Waals surface area contributed by atoms with Crippen molar-refractivity contribution in [3.63, 3.8) is 0 Å². The highest BCUT2D eigenvalue weighted by molar-refractivity contribution is 5.28. The molecule has 0 amide bonds. The monoisotopic (exact) mass is 263 g/mol. The zero-order valence-electron chi connectivity index (χ0n) is 12.3. The van der Waals surface area contributed by atoms with Gasteiger partial charge in [-0.1, -0.05) is 27.2 Å². The Morgan fingerprint density at radius 2 is 1.89 bits per heavy atom. The fourth-order valence-electron chi connectivity index (χ4n) is 2.45. The minimum Gasteiger partial charge on any atom is -0.474 e. The summed E-state index contributed by atoms with van der Waals surface area (Å²) in [6.07, 6.45) is 6.35. The predicted molar refractivity (Wildman–Crippen MR) is 76.4 cm³/mol. The zero-order valence-corrected chi connectivity index (χ0v) is 12.3. The van der Waals surface area contributed by atoms with Gasteiger partial charge in [0.1, 0.15) is 6.10 Å². The van der Waals surface area contributed by atoms with Gasteiger partial charge in [-0.3, -0.25) is 0 Å². The van der Waals surface area contributed by atoms with E-state index in [1.165, 1.54) is 19.3 Å². The van der Waals surface area contributed by atoms with Crippen LogP contribution in [-0.2, 0) is 12.0 Å². The van der Waals surface area contributed by atoms with Crippen molar-refractivity contribution < 1.29 is 9.84 Å². The lowest BCUT2D eigenvalue weighted by Gasteiger charge is -2.24. The van der Waals surface area contributed by atoms with Crippen molar-refractivity contribution in [2.75, 3.05) is 0 Å². The van der Waals surface area contributed by atoms with Gasteiger partial charge in [-0.15, -0.1) is 0 Å². The van der Waals surface area contributed by atoms with E-state index in [9.17, 15) is 5.11 Å². The quantitative estimate of drug-likeness (QED) is 0.906. The molecular formula is C16H25NO2. The first-order valence-corrected chi connectivity index (χ1v) is 7.28. The average molecular weight is 263 g/mol. The van der Waals surface area contributed by atoms with Crippen LogP contribution in [0.1, 0.15) is 64.1 Å². The van der Waals surface area contributed by atoms with Crippen molar-refractivity contribution in [2.24, 2.45) is 0 Å². The topological polar surface area (TPSA) is 42.4 Å². The molecule has 1 N–H and O–H groups in total. The van der Waals surface area contributed by atoms with Gasteiger partial charge in [-0.05, 0) is 37.3 Å². The number of aliphatic hydroxyl groups excluding tert-OH is 1. The maximum Gasteiger partial charge on any atom is 0.214 e. The normalized spacial score (nSPS) is 17.5. The molecule has 3 nitrogen and oxygen atoms in total. The first-order chi connectivity index (χ1) is 8.99. The number of nitrogens with zero attached hydrogens (tertiary/aromatic N) is 1. The summed E-state index contributed by atoms with van der Waals surface area (Å²) in [6.45, 7) is 6.41. The molecule has 0 aliphatic heterocycles. The van der Waals surface area contributed by atoms with Crippen molar-refractivity contribution in [3.05, 3.63) is 23.4 Å². The molecule has 0 spiro atoms. The third-order valence-corrected chi connectivity index (χ3v) is 3.65. The highest BCUT2D eigenvalue weighted by atomic mass is 16.5. The van der Waals surface area contributed by atoms with Gasteiger partial charge in [0.05, 0.1) is 12.3 Å². The van der Waals surface area contributed by atoms with Crippen LogP contribution in [-0.4, -0.2) is 16.2 Å². The second-order valence-electron chi connectivity index (χ2n) is 6.48. The summed E-state index contributed by atoms with van der Waals surface area (Å²) < 4.78 is 6.01. The molecule has 19 heavy (non-hydrogen) atoms. The van der Waals surface area contributed by atoms with Crippen molar-refractivity contribution in [2.45, 2.75) is 71.0 Å². The number of hydrogen-bond donors (Lipinski definition) is 1. The molecule has 0 atom stereocenters. The van der Waals surface area contributed by atoms with Crippen molar-refractivity contribution in [1.82, 2.24) is 4.98 Å². The molecule has 0 radical (unpaired) electrons. The highest BCUT2D eigenvalue weighted by Crippen LogP contribution is 2.27. The molecule has 1 saturated carbocycles. The molecule has 3 heteroatoms. The van der Waals surface area contributed by atoms with Crippen LogP contribution in [0.4, 0.5) is 0 Å². The first kappa shape index (κ1) is 14.3. The van der Waals surface area contributed by atoms with Gasteiger partial charge >= 0.3 is 0 Å². The van der Waals surface area contributed by atoms with Crippen LogP contribution < -0.4 is 4.74 Å². The molecule has 1 heterocycles. The van der Waals surface area contributed by atoms with E-state index in [-0.39, 0.29) is 12.0 Å². The Hall–Kier alpha value is -1.09. The summed E-state index contributed by atoms with van der Waals surface area (Å²) in [5.74, 6) is 0.670. The molecule has 1 aromatic heterocycles. The van der Waals surface area contributed by atoms with Crippen molar-refractivity contribution in [1.29, 1.82) is 0 Å². The molecule has 1 aromatic rings. The Kier molecular flexibility index (Phi) is 4.46. The molecule has 0 unspecified atom stereocenters. The summed E-state index contributed by atoms with van der Waals surface area (Å²) in [5, 5.41) is 9.37. The number of aromatic nitrogens is 1. The second-order valence-corrected chi connectivity index (χ2v) is 6.48. The van der Waals surface area contributed by atoms with Crippen LogP contribution in [0.2, 0.25) is 0 Å². The van der Waals surface area contributed by atoms with E-state index < -0.39 is 0 Å². The molecule has 0 aromatic carbocycles. The summed E-state index contributed by atoms with van der Waals surface area (Å²) >= 11 is 0. The summed E-state index contributed by atoms with van der Waals surface area (Å²) in [4.78, 5) is 4.61. The summed E-state index contributed by atoms with van der Waals surface area (Å²) in [5.41, 5.74) is 1.83. The number of hydrogen-bond acceptors (Lipinski definition) is 3. The molecule has 0 saturated heterocycles. The Balaban J connectivity index is 2.19. The number of ether oxygens (including phenoxy) is 1. The lowest BCUT2D eigenvalue weighted by molar-refractivity contribution is 0.147. The molecule has 1 aliphatic rings. The minimum atomic E-state index is -0.0319. The van der Waals surface area contributed by atoms with Gasteiger partial charge in [0, 0.05) is 11.5 Å². The van der Waals surface area contributed by atoms with Crippen LogP contribution in [0.25, 0.3) is 0 Å². The lowest BCUT2D eigenvalue weighted by atomic mass is 9.91. The molecule has 1 fully saturated rings. The van der Waals surface area contributed by atoms with E-state index in [1.807, 2.05) is 12.1 Å². The Morgan fingerprint density at radius 3 is 2.47 bits per heavy atom. The predicted octanol–water partition coefficient (Wildman–Crippen LogP) is 3.58. The van der Waals surface area contributed by atoms with E-state index in [1.54, 1.807) is 0 Å². The van der Waals surface area contributed by atoms with E-state index in [4.69, 9.17) is 4.74 Å². The van der Waals surface area contributed by atoms with Gasteiger partial charge in [-0.25, -0.2) is 4.98 Å². The third kappa shape index (κ3) is 3.93. The van der Waals surface area contributed by atoms with E-state index in [2.05, 4.69) is 25.8 Å². The molecule has 106 valence electrons. The largest absolute Gasteiger partial charge is 0.474 e. The Labute approximate surface area is 116 Å². The minimum absolute atomic E-state index is 0.0319. The Morgan fingerprint density at radius 1 is 1.21 bits per heavy atom. The van der Waals surface area contributed by atoms with Crippen LogP contribution in [0.15, 0.2) is 12.1 Å². The molecule has 1 aliphatic carbocycles. The van der Waals surface area contributed by atoms with Gasteiger partial charge < -0.3 is 9.84 Å². The fraction of sp³-hybridized carbons (Fsp3) is 0.688. The van der Waals surface area contributed by atoms with Crippen LogP contribution in [0, 0.1) is 0 Å². The van der Waals surface area contributed by atoms with Gasteiger partial charge in [0.2, 0.25) is 5.88 Å². The van der Waals surface area contributed by atoms with Crippen molar-refractivity contribution in [3.8, 4) is 5.88 Å². The third-order valence-electron chi connectivity index (χ3n) is 3.65. The maximum absolute atomic E-state index is 9.37. The van der Waals surface area contributed by atoms with Crippen molar-refractivity contribution >= 4 is 0 Å². The molecule has 0 bridgehead atoms. The number of rotatable bonds is 3. The zero-order chi connectivity index (χ0) is 13.9. The van der Waals surface area contributed by atoms with Crippen LogP contribution in [0.3, 0.4) is 0 Å². The molecule has 2 rings (SSSR count). The van der Waals surface area contributed by atoms with Gasteiger partial charge in [-0.2, -0.15) is 0 Å². The average Bonchev–Trinajstić information content (AvgIpc) is 2.38. The molecular weight excluding hydrogens is 238 g/mol. The maximum atomic E-state index is 9.37. The van der Waals surface area contributed by atoms with Crippen LogP contribution in [0.5, 0.6) is 5.88 Å². The van der Waals surface area contributed by atoms with E-state index in [0.717, 1.165) is 24.1 Å². The van der Waals surface area contributed by atoms with E-state index >= 15 is 0 Å². The van der Waals surface area contributed by atoms with Crippen LogP contribution >= 0.6 is 0 Å². The standard InChI is InChI=1S/C16H25NO2/c1-16(2,3)14-9-12(11-18)10-15(17-14)19-13-7-5-4-6-8-13/h9-10,13,18H,4-8,11H2,1-3H3. The van der Waals surface area contributed by atoms with Gasteiger partial charge in [0.15, 0.2) is 0 Å². The SMILES string of the molecule is CC(C)(C)c1cc(CO)cc(OC2CCCCC2)n1. The Bertz CT molecular complexity index is 417. The van der Waals surface area contributed by atoms with Gasteiger partial charge in [0.25, 0.3) is 0 Å². The van der Waals surface area contributed by atoms with E-state index in [0.29, 0.717) is 12.0 Å². The number of pyridine rings is 1. The fourth-order valence-corrected chi connectivity index (χ4v) is 2.45. The summed E-state index contributed by atoms with van der Waals surface area (Å²) in [7, 11) is 0. The smallest absolute Gasteiger partial charge is 0.214 e. The summed E-state index contributed by atoms with van der Waals surface area (Å²) in [6, 6.07) is 3.83. The highest BCUT2D eigenvalue weighted by Gasteiger charge is 2.20. The second kappa shape index (κ2) is 5.91. The number of aliphatic hydroxyl groups is 1. The lowest BCUT2D eigenvalue weighted by Crippen LogP contribution is -2.21.